The van der Waals surface area contributed by atoms with Crippen LogP contribution in [0.4, 0.5) is 0 Å². The van der Waals surface area contributed by atoms with Crippen LogP contribution in [0.3, 0.4) is 0 Å². The van der Waals surface area contributed by atoms with E-state index in [9.17, 15) is 4.57 Å². The Morgan fingerprint density at radius 1 is 1.43 bits per heavy atom. The Bertz CT molecular complexity index is 735. The summed E-state index contributed by atoms with van der Waals surface area (Å²) in [5, 5.41) is 0.739. The normalized spacial score (nSPS) is 12.0. The van der Waals surface area contributed by atoms with Crippen LogP contribution in [0.15, 0.2) is 30.9 Å². The van der Waals surface area contributed by atoms with Gasteiger partial charge in [0.05, 0.1) is 0 Å². The Morgan fingerprint density at radius 3 is 2.78 bits per heavy atom. The van der Waals surface area contributed by atoms with Gasteiger partial charge in [-0.25, -0.2) is 4.57 Å². The molecule has 0 unspecified atom stereocenters. The van der Waals surface area contributed by atoms with Crippen LogP contribution in [0.5, 0.6) is 5.75 Å². The van der Waals surface area contributed by atoms with Gasteiger partial charge in [0.1, 0.15) is 5.75 Å². The van der Waals surface area contributed by atoms with Crippen molar-refractivity contribution in [2.24, 2.45) is 0 Å². The molecular formula is C16H23N2O4P. The Morgan fingerprint density at radius 2 is 2.17 bits per heavy atom. The minimum atomic E-state index is -4.59. The van der Waals surface area contributed by atoms with Gasteiger partial charge in [-0.2, -0.15) is 0 Å². The molecule has 0 spiro atoms. The number of H-pyrrole nitrogens is 1. The fraction of sp³-hybridized carbons (Fsp3) is 0.375. The van der Waals surface area contributed by atoms with Crippen molar-refractivity contribution in [3.63, 3.8) is 0 Å². The minimum Gasteiger partial charge on any atom is -0.404 e. The number of phosphoric acid groups is 1. The van der Waals surface area contributed by atoms with E-state index in [1.807, 2.05) is 19.1 Å². The number of hydrogen-bond donors (Lipinski definition) is 3. The second-order valence-electron chi connectivity index (χ2n) is 5.42. The number of hydrogen-bond acceptors (Lipinski definition) is 3. The lowest BCUT2D eigenvalue weighted by molar-refractivity contribution is 0.284. The number of nitrogens with one attached hydrogen (secondary N) is 1. The zero-order chi connectivity index (χ0) is 17.0. The predicted octanol–water partition coefficient (Wildman–Crippen LogP) is 3.00. The van der Waals surface area contributed by atoms with Crippen LogP contribution in [0.1, 0.15) is 18.2 Å². The van der Waals surface area contributed by atoms with Crippen molar-refractivity contribution in [2.75, 3.05) is 19.6 Å². The highest BCUT2D eigenvalue weighted by molar-refractivity contribution is 7.46. The number of aromatic amines is 1. The summed E-state index contributed by atoms with van der Waals surface area (Å²) < 4.78 is 16.1. The van der Waals surface area contributed by atoms with Crippen molar-refractivity contribution in [1.82, 2.24) is 9.88 Å². The minimum absolute atomic E-state index is 0.210. The standard InChI is InChI=1S/C16H23N2O4P/c1-4-10-18(5-2)11-9-13-12(3)17-14-7-6-8-15(16(13)14)22-23(19,20)21/h4,6-8,17H,1,5,9-11H2,2-3H3,(H2,19,20,21). The Hall–Kier alpha value is -1.59. The summed E-state index contributed by atoms with van der Waals surface area (Å²) in [5.41, 5.74) is 2.82. The first-order chi connectivity index (χ1) is 10.9. The molecule has 2 rings (SSSR count). The van der Waals surface area contributed by atoms with E-state index in [2.05, 4.69) is 23.4 Å². The quantitative estimate of drug-likeness (QED) is 0.509. The Kier molecular flexibility index (Phi) is 5.65. The molecule has 1 heterocycles. The third kappa shape index (κ3) is 4.45. The molecule has 3 N–H and O–H groups in total. The first-order valence-corrected chi connectivity index (χ1v) is 9.07. The third-order valence-electron chi connectivity index (χ3n) is 3.83. The lowest BCUT2D eigenvalue weighted by atomic mass is 10.1. The molecular weight excluding hydrogens is 315 g/mol. The second-order valence-corrected chi connectivity index (χ2v) is 6.58. The van der Waals surface area contributed by atoms with Crippen LogP contribution >= 0.6 is 7.82 Å². The van der Waals surface area contributed by atoms with Gasteiger partial charge in [0, 0.05) is 29.7 Å². The molecule has 0 bridgehead atoms. The molecule has 0 radical (unpaired) electrons. The van der Waals surface area contributed by atoms with Gasteiger partial charge >= 0.3 is 7.82 Å². The average Bonchev–Trinajstić information content (AvgIpc) is 2.78. The third-order valence-corrected chi connectivity index (χ3v) is 4.27. The molecule has 0 aliphatic rings. The largest absolute Gasteiger partial charge is 0.524 e. The fourth-order valence-electron chi connectivity index (χ4n) is 2.76. The van der Waals surface area contributed by atoms with Gasteiger partial charge in [0.15, 0.2) is 0 Å². The maximum atomic E-state index is 11.2. The fourth-order valence-corrected chi connectivity index (χ4v) is 3.17. The molecule has 0 fully saturated rings. The smallest absolute Gasteiger partial charge is 0.404 e. The van der Waals surface area contributed by atoms with Gasteiger partial charge in [-0.3, -0.25) is 14.7 Å². The zero-order valence-electron chi connectivity index (χ0n) is 13.5. The van der Waals surface area contributed by atoms with Crippen molar-refractivity contribution in [2.45, 2.75) is 20.3 Å². The molecule has 1 aromatic heterocycles. The molecule has 126 valence electrons. The summed E-state index contributed by atoms with van der Waals surface area (Å²) in [6, 6.07) is 5.17. The van der Waals surface area contributed by atoms with Crippen LogP contribution in [-0.4, -0.2) is 39.3 Å². The van der Waals surface area contributed by atoms with E-state index in [1.165, 1.54) is 0 Å². The first-order valence-electron chi connectivity index (χ1n) is 7.54. The number of benzene rings is 1. The van der Waals surface area contributed by atoms with Crippen LogP contribution in [0, 0.1) is 6.92 Å². The van der Waals surface area contributed by atoms with Gasteiger partial charge in [0.2, 0.25) is 0 Å². The highest BCUT2D eigenvalue weighted by Crippen LogP contribution is 2.42. The molecule has 7 heteroatoms. The molecule has 0 aliphatic carbocycles. The number of aromatic nitrogens is 1. The SMILES string of the molecule is C=CCN(CC)CCc1c(C)[nH]c2cccc(OP(=O)(O)O)c12. The van der Waals surface area contributed by atoms with E-state index in [4.69, 9.17) is 14.3 Å². The highest BCUT2D eigenvalue weighted by Gasteiger charge is 2.21. The van der Waals surface area contributed by atoms with Crippen LogP contribution in [-0.2, 0) is 11.0 Å². The van der Waals surface area contributed by atoms with Crippen molar-refractivity contribution >= 4 is 18.7 Å². The van der Waals surface area contributed by atoms with Crippen molar-refractivity contribution in [3.05, 3.63) is 42.1 Å². The summed E-state index contributed by atoms with van der Waals surface area (Å²) in [4.78, 5) is 23.7. The van der Waals surface area contributed by atoms with Crippen molar-refractivity contribution in [3.8, 4) is 5.75 Å². The van der Waals surface area contributed by atoms with Gasteiger partial charge in [0.25, 0.3) is 0 Å². The van der Waals surface area contributed by atoms with Crippen molar-refractivity contribution in [1.29, 1.82) is 0 Å². The molecule has 1 aromatic carbocycles. The maximum Gasteiger partial charge on any atom is 0.524 e. The molecule has 0 amide bonds. The van der Waals surface area contributed by atoms with E-state index in [-0.39, 0.29) is 5.75 Å². The first kappa shape index (κ1) is 17.8. The van der Waals surface area contributed by atoms with Gasteiger partial charge in [-0.1, -0.05) is 19.1 Å². The average molecular weight is 338 g/mol. The number of phosphoric ester groups is 1. The monoisotopic (exact) mass is 338 g/mol. The lowest BCUT2D eigenvalue weighted by Crippen LogP contribution is -2.25. The molecule has 23 heavy (non-hydrogen) atoms. The summed E-state index contributed by atoms with van der Waals surface area (Å²) in [6.07, 6.45) is 2.63. The summed E-state index contributed by atoms with van der Waals surface area (Å²) in [7, 11) is -4.59. The number of rotatable bonds is 8. The van der Waals surface area contributed by atoms with E-state index in [1.54, 1.807) is 12.1 Å². The van der Waals surface area contributed by atoms with Crippen LogP contribution in [0.25, 0.3) is 10.9 Å². The summed E-state index contributed by atoms with van der Waals surface area (Å²) in [5.74, 6) is 0.210. The zero-order valence-corrected chi connectivity index (χ0v) is 14.3. The van der Waals surface area contributed by atoms with Gasteiger partial charge in [-0.15, -0.1) is 6.58 Å². The second kappa shape index (κ2) is 7.32. The number of nitrogens with zero attached hydrogens (tertiary/aromatic N) is 1. The summed E-state index contributed by atoms with van der Waals surface area (Å²) >= 11 is 0. The van der Waals surface area contributed by atoms with Gasteiger partial charge in [-0.05, 0) is 37.6 Å². The van der Waals surface area contributed by atoms with Crippen molar-refractivity contribution < 1.29 is 18.9 Å². The van der Waals surface area contributed by atoms with Gasteiger partial charge < -0.3 is 9.51 Å². The number of aryl methyl sites for hydroxylation is 1. The summed E-state index contributed by atoms with van der Waals surface area (Å²) in [6.45, 7) is 10.4. The molecule has 0 atom stereocenters. The number of likely N-dealkylation sites (N-methyl/N-ethyl adjacent to an activating group) is 1. The van der Waals surface area contributed by atoms with Crippen LogP contribution < -0.4 is 4.52 Å². The number of fused-ring (bicyclic) bond motifs is 1. The van der Waals surface area contributed by atoms with E-state index in [0.717, 1.165) is 48.2 Å². The predicted molar refractivity (Wildman–Crippen MR) is 91.7 cm³/mol. The van der Waals surface area contributed by atoms with E-state index >= 15 is 0 Å². The Labute approximate surface area is 136 Å². The molecule has 0 saturated carbocycles. The molecule has 0 aliphatic heterocycles. The van der Waals surface area contributed by atoms with Crippen LogP contribution in [0.2, 0.25) is 0 Å². The topological polar surface area (TPSA) is 85.8 Å². The maximum absolute atomic E-state index is 11.2. The molecule has 2 aromatic rings. The lowest BCUT2D eigenvalue weighted by Gasteiger charge is -2.18. The molecule has 6 nitrogen and oxygen atoms in total. The Balaban J connectivity index is 2.36. The highest BCUT2D eigenvalue weighted by atomic mass is 31.2. The van der Waals surface area contributed by atoms with E-state index in [0.29, 0.717) is 0 Å². The van der Waals surface area contributed by atoms with E-state index < -0.39 is 7.82 Å². The molecule has 0 saturated heterocycles.